The van der Waals surface area contributed by atoms with E-state index in [1.165, 1.54) is 6.92 Å². The first-order chi connectivity index (χ1) is 15.4. The van der Waals surface area contributed by atoms with Gasteiger partial charge in [0.2, 0.25) is 0 Å². The number of rotatable bonds is 2. The number of hydrogen-bond donors (Lipinski definition) is 0. The lowest BCUT2D eigenvalue weighted by molar-refractivity contribution is -0.187. The van der Waals surface area contributed by atoms with Gasteiger partial charge in [-0.3, -0.25) is 14.4 Å². The molecule has 5 rings (SSSR count). The number of esters is 1. The van der Waals surface area contributed by atoms with Gasteiger partial charge in [-0.05, 0) is 60.3 Å². The van der Waals surface area contributed by atoms with Crippen molar-refractivity contribution in [1.82, 2.24) is 0 Å². The van der Waals surface area contributed by atoms with Gasteiger partial charge in [0, 0.05) is 28.7 Å². The highest BCUT2D eigenvalue weighted by atomic mass is 16.5. The van der Waals surface area contributed by atoms with E-state index >= 15 is 0 Å². The second-order valence-corrected chi connectivity index (χ2v) is 11.9. The lowest BCUT2D eigenvalue weighted by atomic mass is 9.38. The van der Waals surface area contributed by atoms with Gasteiger partial charge < -0.3 is 9.15 Å². The first kappa shape index (κ1) is 22.4. The summed E-state index contributed by atoms with van der Waals surface area (Å²) in [5.74, 6) is -0.177. The quantitative estimate of drug-likeness (QED) is 0.563. The molecule has 7 atom stereocenters. The minimum Gasteiger partial charge on any atom is -0.472 e. The van der Waals surface area contributed by atoms with Crippen molar-refractivity contribution >= 4 is 17.5 Å². The highest BCUT2D eigenvalue weighted by Crippen LogP contribution is 2.72. The van der Waals surface area contributed by atoms with Crippen molar-refractivity contribution in [1.29, 1.82) is 0 Å². The van der Waals surface area contributed by atoms with Crippen LogP contribution in [0, 0.1) is 33.5 Å². The van der Waals surface area contributed by atoms with E-state index in [0.717, 1.165) is 24.0 Å². The normalized spacial score (nSPS) is 43.4. The molecule has 3 unspecified atom stereocenters. The molecule has 1 heterocycles. The Labute approximate surface area is 195 Å². The second-order valence-electron chi connectivity index (χ2n) is 11.9. The van der Waals surface area contributed by atoms with Crippen molar-refractivity contribution in [3.05, 3.63) is 48.0 Å². The Morgan fingerprint density at radius 1 is 1.12 bits per heavy atom. The first-order valence-corrected chi connectivity index (χ1v) is 12.1. The smallest absolute Gasteiger partial charge is 0.302 e. The van der Waals surface area contributed by atoms with E-state index in [1.807, 2.05) is 26.0 Å². The van der Waals surface area contributed by atoms with E-state index in [9.17, 15) is 14.4 Å². The summed E-state index contributed by atoms with van der Waals surface area (Å²) in [7, 11) is 0. The Hall–Kier alpha value is -2.43. The van der Waals surface area contributed by atoms with Crippen LogP contribution in [0.1, 0.15) is 72.3 Å². The van der Waals surface area contributed by atoms with Crippen LogP contribution >= 0.6 is 0 Å². The zero-order valence-corrected chi connectivity index (χ0v) is 20.4. The molecule has 5 nitrogen and oxygen atoms in total. The minimum absolute atomic E-state index is 0.0525. The molecule has 0 bridgehead atoms. The predicted molar refractivity (Wildman–Crippen MR) is 123 cm³/mol. The molecular formula is C28H34O5. The van der Waals surface area contributed by atoms with E-state index in [4.69, 9.17) is 9.15 Å². The van der Waals surface area contributed by atoms with Gasteiger partial charge in [0.15, 0.2) is 11.6 Å². The largest absolute Gasteiger partial charge is 0.472 e. The Kier molecular flexibility index (Phi) is 4.61. The average molecular weight is 451 g/mol. The molecule has 1 aromatic heterocycles. The van der Waals surface area contributed by atoms with Gasteiger partial charge in [0.25, 0.3) is 0 Å². The van der Waals surface area contributed by atoms with Crippen LogP contribution in [0.5, 0.6) is 0 Å². The molecule has 0 amide bonds. The molecule has 33 heavy (non-hydrogen) atoms. The van der Waals surface area contributed by atoms with Crippen LogP contribution in [0.15, 0.2) is 46.8 Å². The molecule has 0 saturated heterocycles. The average Bonchev–Trinajstić information content (AvgIpc) is 3.32. The molecule has 0 aromatic carbocycles. The fourth-order valence-corrected chi connectivity index (χ4v) is 8.44. The standard InChI is InChI=1S/C28H34O5/c1-16(29)33-23-14-20-25(2,3)22(31)8-11-26(20,4)19-7-10-27(5)21(28(19,23)6)13-18(30)24(27)17-9-12-32-15-17/h8-9,11-13,15,19-20,23-24H,7,10,14H2,1-6H3/t19?,20?,23-,24?,26-,27-,28-/m1/s1. The summed E-state index contributed by atoms with van der Waals surface area (Å²) in [4.78, 5) is 38.6. The molecule has 2 fully saturated rings. The molecule has 0 radical (unpaired) electrons. The maximum Gasteiger partial charge on any atom is 0.302 e. The molecule has 0 aliphatic heterocycles. The number of furan rings is 1. The van der Waals surface area contributed by atoms with E-state index in [0.29, 0.717) is 6.42 Å². The number of ketones is 2. The fourth-order valence-electron chi connectivity index (χ4n) is 8.44. The van der Waals surface area contributed by atoms with Crippen LogP contribution in [0.4, 0.5) is 0 Å². The van der Waals surface area contributed by atoms with Crippen molar-refractivity contribution in [2.75, 3.05) is 0 Å². The Morgan fingerprint density at radius 3 is 2.48 bits per heavy atom. The van der Waals surface area contributed by atoms with Gasteiger partial charge >= 0.3 is 5.97 Å². The zero-order chi connectivity index (χ0) is 24.0. The highest BCUT2D eigenvalue weighted by molar-refractivity contribution is 6.01. The third-order valence-electron chi connectivity index (χ3n) is 9.99. The summed E-state index contributed by atoms with van der Waals surface area (Å²) >= 11 is 0. The maximum atomic E-state index is 13.4. The topological polar surface area (TPSA) is 73.6 Å². The number of hydrogen-bond acceptors (Lipinski definition) is 5. The van der Waals surface area contributed by atoms with Crippen molar-refractivity contribution in [2.45, 2.75) is 72.8 Å². The lowest BCUT2D eigenvalue weighted by Gasteiger charge is -2.66. The lowest BCUT2D eigenvalue weighted by Crippen LogP contribution is -2.64. The van der Waals surface area contributed by atoms with E-state index in [-0.39, 0.29) is 46.1 Å². The van der Waals surface area contributed by atoms with Crippen molar-refractivity contribution in [2.24, 2.45) is 33.5 Å². The molecule has 1 aromatic rings. The van der Waals surface area contributed by atoms with Crippen molar-refractivity contribution < 1.29 is 23.5 Å². The third-order valence-corrected chi connectivity index (χ3v) is 9.99. The predicted octanol–water partition coefficient (Wildman–Crippen LogP) is 5.42. The summed E-state index contributed by atoms with van der Waals surface area (Å²) in [5, 5.41) is 0. The minimum atomic E-state index is -0.539. The number of carbonyl (C=O) groups excluding carboxylic acids is 3. The van der Waals surface area contributed by atoms with Gasteiger partial charge in [-0.2, -0.15) is 0 Å². The maximum absolute atomic E-state index is 13.4. The number of ether oxygens (including phenoxy) is 1. The van der Waals surface area contributed by atoms with E-state index in [2.05, 4.69) is 26.8 Å². The molecule has 176 valence electrons. The summed E-state index contributed by atoms with van der Waals surface area (Å²) in [6.07, 6.45) is 11.0. The monoisotopic (exact) mass is 450 g/mol. The van der Waals surface area contributed by atoms with E-state index < -0.39 is 16.9 Å². The highest BCUT2D eigenvalue weighted by Gasteiger charge is 2.69. The Balaban J connectivity index is 1.68. The number of carbonyl (C=O) groups is 3. The third kappa shape index (κ3) is 2.74. The zero-order valence-electron chi connectivity index (χ0n) is 20.4. The summed E-state index contributed by atoms with van der Waals surface area (Å²) in [5.41, 5.74) is 0.363. The van der Waals surface area contributed by atoms with Crippen LogP contribution in [-0.2, 0) is 19.1 Å². The summed E-state index contributed by atoms with van der Waals surface area (Å²) in [6, 6.07) is 1.89. The molecule has 4 aliphatic rings. The molecule has 2 saturated carbocycles. The molecule has 4 aliphatic carbocycles. The molecule has 0 N–H and O–H groups in total. The number of fused-ring (bicyclic) bond motifs is 5. The van der Waals surface area contributed by atoms with E-state index in [1.54, 1.807) is 18.6 Å². The Morgan fingerprint density at radius 2 is 1.85 bits per heavy atom. The molecular weight excluding hydrogens is 416 g/mol. The summed E-state index contributed by atoms with van der Waals surface area (Å²) in [6.45, 7) is 12.1. The van der Waals surface area contributed by atoms with Crippen molar-refractivity contribution in [3.63, 3.8) is 0 Å². The van der Waals surface area contributed by atoms with Gasteiger partial charge in [0.1, 0.15) is 6.10 Å². The van der Waals surface area contributed by atoms with Gasteiger partial charge in [-0.15, -0.1) is 0 Å². The van der Waals surface area contributed by atoms with Crippen LogP contribution in [-0.4, -0.2) is 23.6 Å². The molecule has 5 heteroatoms. The van der Waals surface area contributed by atoms with Crippen LogP contribution in [0.2, 0.25) is 0 Å². The van der Waals surface area contributed by atoms with Gasteiger partial charge in [-0.25, -0.2) is 0 Å². The Bertz CT molecular complexity index is 1090. The first-order valence-electron chi connectivity index (χ1n) is 12.1. The van der Waals surface area contributed by atoms with Crippen LogP contribution in [0.3, 0.4) is 0 Å². The van der Waals surface area contributed by atoms with Gasteiger partial charge in [-0.1, -0.05) is 40.7 Å². The fraction of sp³-hybridized carbons (Fsp3) is 0.607. The number of allylic oxidation sites excluding steroid dienone is 3. The van der Waals surface area contributed by atoms with Crippen LogP contribution in [0.25, 0.3) is 0 Å². The van der Waals surface area contributed by atoms with Crippen molar-refractivity contribution in [3.8, 4) is 0 Å². The van der Waals surface area contributed by atoms with Gasteiger partial charge in [0.05, 0.1) is 18.4 Å². The summed E-state index contributed by atoms with van der Waals surface area (Å²) < 4.78 is 11.4. The molecule has 0 spiro atoms. The SMILES string of the molecule is CC(=O)O[C@@H]1CC2C(C)(C)C(=O)C=C[C@]2(C)C2CC[C@]3(C)C(=CC(=O)C3c3ccoc3)[C@@]21C. The second kappa shape index (κ2) is 6.80. The van der Waals surface area contributed by atoms with Crippen LogP contribution < -0.4 is 0 Å².